The number of nitrogens with zero attached hydrogens (tertiary/aromatic N) is 1. The number of rotatable bonds is 4. The Balaban J connectivity index is 1.70. The molecule has 25 heavy (non-hydrogen) atoms. The number of ether oxygens (including phenoxy) is 1. The van der Waals surface area contributed by atoms with Gasteiger partial charge in [-0.2, -0.15) is 0 Å². The zero-order valence-electron chi connectivity index (χ0n) is 13.7. The molecule has 2 aromatic carbocycles. The average Bonchev–Trinajstić information content (AvgIpc) is 2.86. The first-order chi connectivity index (χ1) is 11.9. The fourth-order valence-corrected chi connectivity index (χ4v) is 2.94. The lowest BCUT2D eigenvalue weighted by Crippen LogP contribution is -2.35. The summed E-state index contributed by atoms with van der Waals surface area (Å²) in [7, 11) is 0. The van der Waals surface area contributed by atoms with Crippen molar-refractivity contribution in [2.45, 2.75) is 31.9 Å². The van der Waals surface area contributed by atoms with E-state index in [0.29, 0.717) is 0 Å². The van der Waals surface area contributed by atoms with Crippen LogP contribution in [0.2, 0.25) is 0 Å². The molecule has 0 radical (unpaired) electrons. The second-order valence-electron chi connectivity index (χ2n) is 6.26. The van der Waals surface area contributed by atoms with Gasteiger partial charge in [0.25, 0.3) is 11.8 Å². The summed E-state index contributed by atoms with van der Waals surface area (Å²) in [5, 5.41) is 0. The molecule has 0 spiro atoms. The standard InChI is InChI=1S/C19H18F3NO2/c1-13-10-19(21,22)12-23(13)18(24)15-7-8-17(16(20)9-15)25-11-14-5-3-2-4-6-14/h2-9,13H,10-12H2,1H3/t13-/m1/s1. The fraction of sp³-hybridized carbons (Fsp3) is 0.316. The molecule has 0 unspecified atom stereocenters. The minimum Gasteiger partial charge on any atom is -0.486 e. The predicted octanol–water partition coefficient (Wildman–Crippen LogP) is 4.27. The highest BCUT2D eigenvalue weighted by atomic mass is 19.3. The third-order valence-corrected chi connectivity index (χ3v) is 4.20. The second-order valence-corrected chi connectivity index (χ2v) is 6.26. The first kappa shape index (κ1) is 17.3. The van der Waals surface area contributed by atoms with Crippen LogP contribution < -0.4 is 4.74 Å². The first-order valence-corrected chi connectivity index (χ1v) is 8.01. The van der Waals surface area contributed by atoms with E-state index in [1.54, 1.807) is 6.92 Å². The van der Waals surface area contributed by atoms with E-state index in [9.17, 15) is 18.0 Å². The van der Waals surface area contributed by atoms with Crippen molar-refractivity contribution >= 4 is 5.91 Å². The lowest BCUT2D eigenvalue weighted by molar-refractivity contribution is 0.0118. The highest BCUT2D eigenvalue weighted by Gasteiger charge is 2.45. The van der Waals surface area contributed by atoms with Gasteiger partial charge in [0.1, 0.15) is 6.61 Å². The van der Waals surface area contributed by atoms with Crippen molar-refractivity contribution < 1.29 is 22.7 Å². The summed E-state index contributed by atoms with van der Waals surface area (Å²) in [6, 6.07) is 12.5. The van der Waals surface area contributed by atoms with Gasteiger partial charge in [0.15, 0.2) is 11.6 Å². The number of likely N-dealkylation sites (tertiary alicyclic amines) is 1. The molecule has 0 saturated carbocycles. The van der Waals surface area contributed by atoms with Gasteiger partial charge in [-0.3, -0.25) is 4.79 Å². The Morgan fingerprint density at radius 1 is 1.24 bits per heavy atom. The van der Waals surface area contributed by atoms with Gasteiger partial charge in [0.05, 0.1) is 6.54 Å². The Hall–Kier alpha value is -2.50. The van der Waals surface area contributed by atoms with Crippen LogP contribution in [0.4, 0.5) is 13.2 Å². The lowest BCUT2D eigenvalue weighted by atomic mass is 10.1. The van der Waals surface area contributed by atoms with Gasteiger partial charge in [0.2, 0.25) is 0 Å². The molecule has 1 aliphatic rings. The van der Waals surface area contributed by atoms with E-state index in [0.717, 1.165) is 16.5 Å². The molecule has 2 aromatic rings. The molecule has 0 aliphatic carbocycles. The van der Waals surface area contributed by atoms with Gasteiger partial charge >= 0.3 is 0 Å². The van der Waals surface area contributed by atoms with Crippen LogP contribution in [0.1, 0.15) is 29.3 Å². The summed E-state index contributed by atoms with van der Waals surface area (Å²) in [4.78, 5) is 13.5. The minimum atomic E-state index is -2.90. The molecule has 0 N–H and O–H groups in total. The Kier molecular flexibility index (Phi) is 4.70. The van der Waals surface area contributed by atoms with Crippen LogP contribution in [0.15, 0.2) is 48.5 Å². The second kappa shape index (κ2) is 6.78. The van der Waals surface area contributed by atoms with E-state index in [1.807, 2.05) is 30.3 Å². The van der Waals surface area contributed by atoms with Crippen LogP contribution in [-0.2, 0) is 6.61 Å². The molecule has 132 valence electrons. The molecule has 1 amide bonds. The van der Waals surface area contributed by atoms with Crippen molar-refractivity contribution in [1.82, 2.24) is 4.90 Å². The van der Waals surface area contributed by atoms with E-state index in [-0.39, 0.29) is 24.3 Å². The van der Waals surface area contributed by atoms with Gasteiger partial charge in [-0.15, -0.1) is 0 Å². The Bertz CT molecular complexity index is 765. The number of benzene rings is 2. The van der Waals surface area contributed by atoms with E-state index in [4.69, 9.17) is 4.74 Å². The Morgan fingerprint density at radius 3 is 2.56 bits per heavy atom. The highest BCUT2D eigenvalue weighted by Crippen LogP contribution is 2.33. The SMILES string of the molecule is C[C@@H]1CC(F)(F)CN1C(=O)c1ccc(OCc2ccccc2)c(F)c1. The van der Waals surface area contributed by atoms with E-state index in [1.165, 1.54) is 12.1 Å². The van der Waals surface area contributed by atoms with Crippen molar-refractivity contribution in [3.8, 4) is 5.75 Å². The lowest BCUT2D eigenvalue weighted by Gasteiger charge is -2.21. The monoisotopic (exact) mass is 349 g/mol. The molecule has 1 aliphatic heterocycles. The normalized spacial score (nSPS) is 19.0. The molecule has 3 rings (SSSR count). The molecule has 3 nitrogen and oxygen atoms in total. The van der Waals surface area contributed by atoms with Crippen LogP contribution in [0.5, 0.6) is 5.75 Å². The smallest absolute Gasteiger partial charge is 0.267 e. The van der Waals surface area contributed by atoms with Gasteiger partial charge in [0, 0.05) is 18.0 Å². The van der Waals surface area contributed by atoms with Crippen LogP contribution in [0, 0.1) is 5.82 Å². The van der Waals surface area contributed by atoms with Gasteiger partial charge in [-0.05, 0) is 30.7 Å². The number of halogens is 3. The summed E-state index contributed by atoms with van der Waals surface area (Å²) in [5.74, 6) is -4.18. The maximum Gasteiger partial charge on any atom is 0.267 e. The van der Waals surface area contributed by atoms with Crippen molar-refractivity contribution in [1.29, 1.82) is 0 Å². The Morgan fingerprint density at radius 2 is 1.96 bits per heavy atom. The zero-order valence-corrected chi connectivity index (χ0v) is 13.7. The third-order valence-electron chi connectivity index (χ3n) is 4.20. The summed E-state index contributed by atoms with van der Waals surface area (Å²) in [6.45, 7) is 1.12. The van der Waals surface area contributed by atoms with Crippen LogP contribution in [-0.4, -0.2) is 29.3 Å². The summed E-state index contributed by atoms with van der Waals surface area (Å²) < 4.78 is 46.5. The third kappa shape index (κ3) is 3.95. The minimum absolute atomic E-state index is 0.0141. The predicted molar refractivity (Wildman–Crippen MR) is 87.2 cm³/mol. The Labute approximate surface area is 144 Å². The summed E-state index contributed by atoms with van der Waals surface area (Å²) in [5.41, 5.74) is 0.921. The maximum absolute atomic E-state index is 14.2. The van der Waals surface area contributed by atoms with Crippen molar-refractivity contribution in [2.75, 3.05) is 6.54 Å². The number of amides is 1. The zero-order chi connectivity index (χ0) is 18.0. The molecule has 6 heteroatoms. The fourth-order valence-electron chi connectivity index (χ4n) is 2.94. The molecule has 1 atom stereocenters. The number of alkyl halides is 2. The van der Waals surface area contributed by atoms with Gasteiger partial charge in [-0.1, -0.05) is 30.3 Å². The van der Waals surface area contributed by atoms with E-state index >= 15 is 0 Å². The van der Waals surface area contributed by atoms with E-state index < -0.39 is 30.2 Å². The van der Waals surface area contributed by atoms with Crippen molar-refractivity contribution in [3.05, 3.63) is 65.5 Å². The number of hydrogen-bond acceptors (Lipinski definition) is 2. The topological polar surface area (TPSA) is 29.5 Å². The number of carbonyl (C=O) groups is 1. The van der Waals surface area contributed by atoms with Crippen LogP contribution >= 0.6 is 0 Å². The van der Waals surface area contributed by atoms with Gasteiger partial charge in [-0.25, -0.2) is 13.2 Å². The van der Waals surface area contributed by atoms with E-state index in [2.05, 4.69) is 0 Å². The molecular formula is C19H18F3NO2. The first-order valence-electron chi connectivity index (χ1n) is 8.01. The molecular weight excluding hydrogens is 331 g/mol. The number of carbonyl (C=O) groups excluding carboxylic acids is 1. The molecule has 1 saturated heterocycles. The summed E-state index contributed by atoms with van der Waals surface area (Å²) >= 11 is 0. The molecule has 1 heterocycles. The largest absolute Gasteiger partial charge is 0.486 e. The van der Waals surface area contributed by atoms with Crippen molar-refractivity contribution in [2.24, 2.45) is 0 Å². The molecule has 0 bridgehead atoms. The molecule has 0 aromatic heterocycles. The van der Waals surface area contributed by atoms with Crippen LogP contribution in [0.25, 0.3) is 0 Å². The van der Waals surface area contributed by atoms with Crippen LogP contribution in [0.3, 0.4) is 0 Å². The quantitative estimate of drug-likeness (QED) is 0.825. The highest BCUT2D eigenvalue weighted by molar-refractivity contribution is 5.94. The van der Waals surface area contributed by atoms with Crippen molar-refractivity contribution in [3.63, 3.8) is 0 Å². The molecule has 1 fully saturated rings. The maximum atomic E-state index is 14.2. The van der Waals surface area contributed by atoms with Gasteiger partial charge < -0.3 is 9.64 Å². The number of hydrogen-bond donors (Lipinski definition) is 0. The summed E-state index contributed by atoms with van der Waals surface area (Å²) in [6.07, 6.45) is -0.376. The average molecular weight is 349 g/mol.